The quantitative estimate of drug-likeness (QED) is 0.643. The molecule has 0 saturated heterocycles. The highest BCUT2D eigenvalue weighted by Crippen LogP contribution is 2.22. The van der Waals surface area contributed by atoms with Crippen molar-refractivity contribution in [2.24, 2.45) is 0 Å². The smallest absolute Gasteiger partial charge is 0.358 e. The molecule has 0 unspecified atom stereocenters. The molecule has 0 aliphatic rings. The van der Waals surface area contributed by atoms with Crippen molar-refractivity contribution in [3.63, 3.8) is 0 Å². The van der Waals surface area contributed by atoms with E-state index in [-0.39, 0.29) is 11.7 Å². The van der Waals surface area contributed by atoms with Gasteiger partial charge in [0.25, 0.3) is 0 Å². The van der Waals surface area contributed by atoms with Crippen LogP contribution in [0.25, 0.3) is 11.4 Å². The molecule has 138 valence electrons. The monoisotopic (exact) mass is 364 g/mol. The first-order valence-electron chi connectivity index (χ1n) is 8.45. The second-order valence-corrected chi connectivity index (χ2v) is 5.99. The number of anilines is 3. The molecule has 2 N–H and O–H groups in total. The van der Waals surface area contributed by atoms with Gasteiger partial charge >= 0.3 is 5.97 Å². The molecule has 8 nitrogen and oxygen atoms in total. The Labute approximate surface area is 157 Å². The predicted molar refractivity (Wildman–Crippen MR) is 103 cm³/mol. The molecule has 3 aromatic rings. The molecular weight excluding hydrogens is 344 g/mol. The summed E-state index contributed by atoms with van der Waals surface area (Å²) in [6, 6.07) is 13.2. The summed E-state index contributed by atoms with van der Waals surface area (Å²) in [7, 11) is 1.31. The molecule has 3 rings (SSSR count). The Balaban J connectivity index is 2.01. The number of carbonyl (C=O) groups is 1. The number of rotatable bonds is 6. The van der Waals surface area contributed by atoms with Crippen LogP contribution in [-0.2, 0) is 4.74 Å². The van der Waals surface area contributed by atoms with Crippen LogP contribution < -0.4 is 10.6 Å². The summed E-state index contributed by atoms with van der Waals surface area (Å²) in [6.45, 7) is 3.99. The van der Waals surface area contributed by atoms with Crippen LogP contribution in [0.4, 0.5) is 17.6 Å². The van der Waals surface area contributed by atoms with Crippen molar-refractivity contribution in [1.29, 1.82) is 0 Å². The third-order valence-electron chi connectivity index (χ3n) is 3.52. The zero-order valence-electron chi connectivity index (χ0n) is 15.3. The van der Waals surface area contributed by atoms with Gasteiger partial charge in [0.15, 0.2) is 11.5 Å². The average Bonchev–Trinajstić information content (AvgIpc) is 2.68. The van der Waals surface area contributed by atoms with Crippen molar-refractivity contribution in [3.8, 4) is 11.4 Å². The number of ether oxygens (including phenoxy) is 1. The summed E-state index contributed by atoms with van der Waals surface area (Å²) in [5.41, 5.74) is 1.46. The summed E-state index contributed by atoms with van der Waals surface area (Å²) in [6.07, 6.45) is 1.52. The Morgan fingerprint density at radius 2 is 1.74 bits per heavy atom. The molecular formula is C19H20N6O2. The van der Waals surface area contributed by atoms with Crippen molar-refractivity contribution in [2.45, 2.75) is 19.9 Å². The van der Waals surface area contributed by atoms with E-state index >= 15 is 0 Å². The van der Waals surface area contributed by atoms with E-state index in [0.717, 1.165) is 5.56 Å². The molecule has 27 heavy (non-hydrogen) atoms. The van der Waals surface area contributed by atoms with Crippen molar-refractivity contribution in [2.75, 3.05) is 17.7 Å². The van der Waals surface area contributed by atoms with Gasteiger partial charge in [-0.1, -0.05) is 30.3 Å². The standard InChI is InChI=1S/C19H20N6O2/c1-12(2)21-18-23-16(13-8-5-4-6-9-13)24-19(25-18)22-14-10-7-11-20-15(14)17(26)27-3/h4-12H,1-3H3,(H2,21,22,23,24,25). The van der Waals surface area contributed by atoms with Crippen molar-refractivity contribution < 1.29 is 9.53 Å². The lowest BCUT2D eigenvalue weighted by molar-refractivity contribution is 0.0595. The van der Waals surface area contributed by atoms with E-state index in [4.69, 9.17) is 4.74 Å². The van der Waals surface area contributed by atoms with Gasteiger partial charge in [-0.05, 0) is 26.0 Å². The highest BCUT2D eigenvalue weighted by molar-refractivity contribution is 5.94. The largest absolute Gasteiger partial charge is 0.464 e. The van der Waals surface area contributed by atoms with E-state index in [1.165, 1.54) is 13.3 Å². The topological polar surface area (TPSA) is 102 Å². The van der Waals surface area contributed by atoms with Crippen LogP contribution in [-0.4, -0.2) is 39.1 Å². The molecule has 0 aliphatic heterocycles. The van der Waals surface area contributed by atoms with E-state index in [2.05, 4.69) is 30.6 Å². The van der Waals surface area contributed by atoms with Gasteiger partial charge in [-0.3, -0.25) is 0 Å². The Kier molecular flexibility index (Phi) is 5.55. The molecule has 1 aromatic carbocycles. The maximum absolute atomic E-state index is 11.9. The van der Waals surface area contributed by atoms with Crippen LogP contribution in [0.2, 0.25) is 0 Å². The molecule has 0 aliphatic carbocycles. The first-order valence-corrected chi connectivity index (χ1v) is 8.45. The number of esters is 1. The van der Waals surface area contributed by atoms with Crippen LogP contribution in [0, 0.1) is 0 Å². The summed E-state index contributed by atoms with van der Waals surface area (Å²) < 4.78 is 4.78. The summed E-state index contributed by atoms with van der Waals surface area (Å²) in [5.74, 6) is 0.700. The van der Waals surface area contributed by atoms with E-state index < -0.39 is 5.97 Å². The minimum atomic E-state index is -0.545. The van der Waals surface area contributed by atoms with Gasteiger partial charge in [0.2, 0.25) is 11.9 Å². The lowest BCUT2D eigenvalue weighted by atomic mass is 10.2. The fraction of sp³-hybridized carbons (Fsp3) is 0.211. The predicted octanol–water partition coefficient (Wildman–Crippen LogP) is 3.28. The maximum atomic E-state index is 11.9. The molecule has 8 heteroatoms. The number of hydrogen-bond donors (Lipinski definition) is 2. The number of nitrogens with one attached hydrogen (secondary N) is 2. The average molecular weight is 364 g/mol. The highest BCUT2D eigenvalue weighted by Gasteiger charge is 2.15. The first-order chi connectivity index (χ1) is 13.1. The number of benzene rings is 1. The Morgan fingerprint density at radius 1 is 1.00 bits per heavy atom. The van der Waals surface area contributed by atoms with Crippen LogP contribution in [0.1, 0.15) is 24.3 Å². The van der Waals surface area contributed by atoms with Gasteiger partial charge < -0.3 is 15.4 Å². The van der Waals surface area contributed by atoms with E-state index in [1.807, 2.05) is 44.2 Å². The Morgan fingerprint density at radius 3 is 2.44 bits per heavy atom. The van der Waals surface area contributed by atoms with Crippen LogP contribution in [0.3, 0.4) is 0 Å². The highest BCUT2D eigenvalue weighted by atomic mass is 16.5. The maximum Gasteiger partial charge on any atom is 0.358 e. The molecule has 0 radical (unpaired) electrons. The SMILES string of the molecule is COC(=O)c1ncccc1Nc1nc(NC(C)C)nc(-c2ccccc2)n1. The third kappa shape index (κ3) is 4.55. The molecule has 0 atom stereocenters. The lowest BCUT2D eigenvalue weighted by Crippen LogP contribution is -2.15. The van der Waals surface area contributed by atoms with E-state index in [0.29, 0.717) is 23.4 Å². The molecule has 0 spiro atoms. The minimum Gasteiger partial charge on any atom is -0.464 e. The molecule has 2 aromatic heterocycles. The third-order valence-corrected chi connectivity index (χ3v) is 3.52. The number of hydrogen-bond acceptors (Lipinski definition) is 8. The zero-order valence-corrected chi connectivity index (χ0v) is 15.3. The fourth-order valence-corrected chi connectivity index (χ4v) is 2.36. The van der Waals surface area contributed by atoms with Crippen molar-refractivity contribution in [1.82, 2.24) is 19.9 Å². The summed E-state index contributed by atoms with van der Waals surface area (Å²) in [5, 5.41) is 6.23. The second-order valence-electron chi connectivity index (χ2n) is 5.99. The molecule has 2 heterocycles. The molecule has 0 amide bonds. The molecule has 0 saturated carbocycles. The number of aromatic nitrogens is 4. The number of pyridine rings is 1. The van der Waals surface area contributed by atoms with Gasteiger partial charge in [0, 0.05) is 17.8 Å². The molecule has 0 fully saturated rings. The van der Waals surface area contributed by atoms with Crippen LogP contribution >= 0.6 is 0 Å². The van der Waals surface area contributed by atoms with Gasteiger partial charge in [0.1, 0.15) is 0 Å². The van der Waals surface area contributed by atoms with E-state index in [9.17, 15) is 4.79 Å². The van der Waals surface area contributed by atoms with Gasteiger partial charge in [-0.2, -0.15) is 15.0 Å². The van der Waals surface area contributed by atoms with Crippen LogP contribution in [0.15, 0.2) is 48.7 Å². The lowest BCUT2D eigenvalue weighted by Gasteiger charge is -2.13. The zero-order chi connectivity index (χ0) is 19.2. The van der Waals surface area contributed by atoms with Crippen LogP contribution in [0.5, 0.6) is 0 Å². The normalized spacial score (nSPS) is 10.5. The number of methoxy groups -OCH3 is 1. The second kappa shape index (κ2) is 8.22. The Bertz CT molecular complexity index is 930. The first kappa shape index (κ1) is 18.2. The number of carbonyl (C=O) groups excluding carboxylic acids is 1. The van der Waals surface area contributed by atoms with E-state index in [1.54, 1.807) is 12.1 Å². The van der Waals surface area contributed by atoms with Gasteiger partial charge in [-0.15, -0.1) is 0 Å². The van der Waals surface area contributed by atoms with Gasteiger partial charge in [-0.25, -0.2) is 9.78 Å². The van der Waals surface area contributed by atoms with Crippen molar-refractivity contribution >= 4 is 23.6 Å². The summed E-state index contributed by atoms with van der Waals surface area (Å²) in [4.78, 5) is 29.4. The minimum absolute atomic E-state index is 0.146. The fourth-order valence-electron chi connectivity index (χ4n) is 2.36. The van der Waals surface area contributed by atoms with Gasteiger partial charge in [0.05, 0.1) is 12.8 Å². The Hall–Kier alpha value is -3.55. The molecule has 0 bridgehead atoms. The van der Waals surface area contributed by atoms with Crippen molar-refractivity contribution in [3.05, 3.63) is 54.4 Å². The number of nitrogens with zero attached hydrogens (tertiary/aromatic N) is 4. The summed E-state index contributed by atoms with van der Waals surface area (Å²) >= 11 is 0.